The van der Waals surface area contributed by atoms with Crippen molar-refractivity contribution in [2.24, 2.45) is 0 Å². The van der Waals surface area contributed by atoms with Crippen LogP contribution in [0.25, 0.3) is 0 Å². The average Bonchev–Trinajstić information content (AvgIpc) is 2.33. The van der Waals surface area contributed by atoms with Crippen LogP contribution in [0.4, 0.5) is 0 Å². The normalized spacial score (nSPS) is 15.2. The summed E-state index contributed by atoms with van der Waals surface area (Å²) in [7, 11) is 0. The number of fused-ring (bicyclic) bond motifs is 1. The highest BCUT2D eigenvalue weighted by atomic mass is 32.2. The van der Waals surface area contributed by atoms with Gasteiger partial charge in [-0.15, -0.1) is 0 Å². The molecule has 3 heteroatoms. The summed E-state index contributed by atoms with van der Waals surface area (Å²) in [5.74, 6) is 0.350. The maximum Gasteiger partial charge on any atom is 0.115 e. The van der Waals surface area contributed by atoms with Gasteiger partial charge in [0.2, 0.25) is 0 Å². The SMILES string of the molecule is Oc1ccc2c(c1)CNS2. The fourth-order valence-corrected chi connectivity index (χ4v) is 1.78. The largest absolute Gasteiger partial charge is 0.508 e. The van der Waals surface area contributed by atoms with Gasteiger partial charge < -0.3 is 5.11 Å². The maximum absolute atomic E-state index is 9.06. The van der Waals surface area contributed by atoms with Crippen LogP contribution in [0, 0.1) is 0 Å². The maximum atomic E-state index is 9.06. The second kappa shape index (κ2) is 2.18. The lowest BCUT2D eigenvalue weighted by molar-refractivity contribution is 0.474. The molecule has 0 unspecified atom stereocenters. The number of nitrogens with one attached hydrogen (secondary N) is 1. The van der Waals surface area contributed by atoms with E-state index in [9.17, 15) is 0 Å². The van der Waals surface area contributed by atoms with E-state index >= 15 is 0 Å². The van der Waals surface area contributed by atoms with Gasteiger partial charge in [-0.3, -0.25) is 4.72 Å². The van der Waals surface area contributed by atoms with Gasteiger partial charge in [-0.2, -0.15) is 0 Å². The van der Waals surface area contributed by atoms with Crippen molar-refractivity contribution in [2.45, 2.75) is 11.4 Å². The molecule has 0 radical (unpaired) electrons. The Kier molecular flexibility index (Phi) is 1.32. The van der Waals surface area contributed by atoms with E-state index < -0.39 is 0 Å². The van der Waals surface area contributed by atoms with Crippen LogP contribution in [-0.2, 0) is 6.54 Å². The van der Waals surface area contributed by atoms with Gasteiger partial charge in [0.25, 0.3) is 0 Å². The molecule has 1 aliphatic heterocycles. The standard InChI is InChI=1S/C7H7NOS/c9-6-1-2-7-5(3-6)4-8-10-7/h1-3,8-9H,4H2. The monoisotopic (exact) mass is 153 g/mol. The van der Waals surface area contributed by atoms with Gasteiger partial charge in [-0.05, 0) is 35.7 Å². The minimum Gasteiger partial charge on any atom is -0.508 e. The van der Waals surface area contributed by atoms with Crippen LogP contribution >= 0.6 is 11.9 Å². The molecule has 0 aliphatic carbocycles. The minimum atomic E-state index is 0.350. The number of phenolic OH excluding ortho intramolecular Hbond substituents is 1. The Balaban J connectivity index is 2.52. The van der Waals surface area contributed by atoms with Crippen LogP contribution in [0.15, 0.2) is 23.1 Å². The van der Waals surface area contributed by atoms with E-state index in [-0.39, 0.29) is 0 Å². The summed E-state index contributed by atoms with van der Waals surface area (Å²) in [4.78, 5) is 1.22. The molecule has 0 fully saturated rings. The molecule has 0 aromatic heterocycles. The Morgan fingerprint density at radius 2 is 2.40 bits per heavy atom. The van der Waals surface area contributed by atoms with Gasteiger partial charge in [-0.25, -0.2) is 0 Å². The fraction of sp³-hybridized carbons (Fsp3) is 0.143. The number of benzene rings is 1. The van der Waals surface area contributed by atoms with Gasteiger partial charge in [0.15, 0.2) is 0 Å². The molecule has 10 heavy (non-hydrogen) atoms. The molecule has 1 aromatic carbocycles. The molecule has 0 saturated heterocycles. The summed E-state index contributed by atoms with van der Waals surface area (Å²) in [5.41, 5.74) is 1.19. The summed E-state index contributed by atoms with van der Waals surface area (Å²) in [5, 5.41) is 9.06. The van der Waals surface area contributed by atoms with Gasteiger partial charge >= 0.3 is 0 Å². The summed E-state index contributed by atoms with van der Waals surface area (Å²) in [6.45, 7) is 0.856. The molecule has 2 N–H and O–H groups in total. The highest BCUT2D eigenvalue weighted by molar-refractivity contribution is 7.97. The zero-order chi connectivity index (χ0) is 6.97. The number of rotatable bonds is 0. The van der Waals surface area contributed by atoms with E-state index in [0.29, 0.717) is 5.75 Å². The van der Waals surface area contributed by atoms with E-state index in [4.69, 9.17) is 5.11 Å². The van der Waals surface area contributed by atoms with E-state index in [1.807, 2.05) is 6.07 Å². The lowest BCUT2D eigenvalue weighted by atomic mass is 10.2. The second-order valence-electron chi connectivity index (χ2n) is 2.22. The number of phenols is 1. The van der Waals surface area contributed by atoms with Crippen LogP contribution in [0.1, 0.15) is 5.56 Å². The second-order valence-corrected chi connectivity index (χ2v) is 3.15. The van der Waals surface area contributed by atoms with Crippen LogP contribution in [0.2, 0.25) is 0 Å². The molecular formula is C7H7NOS. The summed E-state index contributed by atoms with van der Waals surface area (Å²) >= 11 is 1.62. The molecule has 2 rings (SSSR count). The molecule has 1 aromatic rings. The molecule has 2 nitrogen and oxygen atoms in total. The van der Waals surface area contributed by atoms with E-state index in [1.54, 1.807) is 24.1 Å². The average molecular weight is 153 g/mol. The van der Waals surface area contributed by atoms with Gasteiger partial charge in [0.05, 0.1) is 0 Å². The van der Waals surface area contributed by atoms with Crippen molar-refractivity contribution in [1.29, 1.82) is 0 Å². The predicted molar refractivity (Wildman–Crippen MR) is 40.8 cm³/mol. The van der Waals surface area contributed by atoms with Crippen molar-refractivity contribution in [3.8, 4) is 5.75 Å². The number of aromatic hydroxyl groups is 1. The molecule has 0 saturated carbocycles. The van der Waals surface area contributed by atoms with Crippen molar-refractivity contribution < 1.29 is 5.11 Å². The first-order valence-corrected chi connectivity index (χ1v) is 3.89. The van der Waals surface area contributed by atoms with Crippen molar-refractivity contribution in [2.75, 3.05) is 0 Å². The first-order chi connectivity index (χ1) is 4.86. The molecule has 0 amide bonds. The minimum absolute atomic E-state index is 0.350. The lowest BCUT2D eigenvalue weighted by Gasteiger charge is -1.94. The first kappa shape index (κ1) is 6.07. The number of hydrogen-bond donors (Lipinski definition) is 2. The van der Waals surface area contributed by atoms with Crippen LogP contribution in [-0.4, -0.2) is 5.11 Å². The highest BCUT2D eigenvalue weighted by Crippen LogP contribution is 2.29. The zero-order valence-corrected chi connectivity index (χ0v) is 6.11. The van der Waals surface area contributed by atoms with E-state index in [2.05, 4.69) is 4.72 Å². The topological polar surface area (TPSA) is 32.3 Å². The quantitative estimate of drug-likeness (QED) is 0.554. The fourth-order valence-electron chi connectivity index (χ4n) is 0.995. The van der Waals surface area contributed by atoms with Crippen molar-refractivity contribution >= 4 is 11.9 Å². The molecule has 0 bridgehead atoms. The Bertz CT molecular complexity index is 262. The smallest absolute Gasteiger partial charge is 0.115 e. The molecule has 1 heterocycles. The third-order valence-corrected chi connectivity index (χ3v) is 2.40. The van der Waals surface area contributed by atoms with Gasteiger partial charge in [0, 0.05) is 11.4 Å². The lowest BCUT2D eigenvalue weighted by Crippen LogP contribution is -1.91. The summed E-state index contributed by atoms with van der Waals surface area (Å²) in [6.07, 6.45) is 0. The van der Waals surface area contributed by atoms with Crippen molar-refractivity contribution in [3.63, 3.8) is 0 Å². The van der Waals surface area contributed by atoms with Crippen LogP contribution < -0.4 is 4.72 Å². The molecular weight excluding hydrogens is 146 g/mol. The molecule has 52 valence electrons. The summed E-state index contributed by atoms with van der Waals surface area (Å²) < 4.78 is 3.12. The molecule has 0 atom stereocenters. The Labute approximate surface area is 63.4 Å². The Hall–Kier alpha value is -0.670. The Morgan fingerprint density at radius 1 is 1.50 bits per heavy atom. The Morgan fingerprint density at radius 3 is 3.30 bits per heavy atom. The van der Waals surface area contributed by atoms with Crippen LogP contribution in [0.5, 0.6) is 5.75 Å². The summed E-state index contributed by atoms with van der Waals surface area (Å²) in [6, 6.07) is 5.43. The first-order valence-electron chi connectivity index (χ1n) is 3.08. The third-order valence-electron chi connectivity index (χ3n) is 1.49. The van der Waals surface area contributed by atoms with Crippen molar-refractivity contribution in [3.05, 3.63) is 23.8 Å². The van der Waals surface area contributed by atoms with E-state index in [0.717, 1.165) is 6.54 Å². The zero-order valence-electron chi connectivity index (χ0n) is 5.29. The van der Waals surface area contributed by atoms with Crippen molar-refractivity contribution in [1.82, 2.24) is 4.72 Å². The predicted octanol–water partition coefficient (Wildman–Crippen LogP) is 1.50. The third kappa shape index (κ3) is 0.874. The number of hydrogen-bond acceptors (Lipinski definition) is 3. The van der Waals surface area contributed by atoms with Gasteiger partial charge in [-0.1, -0.05) is 0 Å². The molecule has 0 spiro atoms. The highest BCUT2D eigenvalue weighted by Gasteiger charge is 2.09. The van der Waals surface area contributed by atoms with Gasteiger partial charge in [0.1, 0.15) is 5.75 Å². The molecule has 1 aliphatic rings. The van der Waals surface area contributed by atoms with Crippen LogP contribution in [0.3, 0.4) is 0 Å². The van der Waals surface area contributed by atoms with E-state index in [1.165, 1.54) is 10.5 Å².